The summed E-state index contributed by atoms with van der Waals surface area (Å²) in [5, 5.41) is 6.94. The van der Waals surface area contributed by atoms with Gasteiger partial charge in [0.1, 0.15) is 0 Å². The Morgan fingerprint density at radius 1 is 0.185 bits per heavy atom. The minimum atomic E-state index is -0.0661. The molecule has 0 aromatic heterocycles. The van der Waals surface area contributed by atoms with Gasteiger partial charge in [0.25, 0.3) is 0 Å². The summed E-state index contributed by atoms with van der Waals surface area (Å²) in [7, 11) is 5.90. The number of methoxy groups -OCH3 is 4. The summed E-state index contributed by atoms with van der Waals surface area (Å²) in [5.74, 6) is 9.76. The van der Waals surface area contributed by atoms with Crippen molar-refractivity contribution in [1.29, 1.82) is 0 Å². The van der Waals surface area contributed by atoms with Crippen molar-refractivity contribution in [3.8, 4) is 0 Å². The molecule has 0 bridgehead atoms. The summed E-state index contributed by atoms with van der Waals surface area (Å²) < 4.78 is 18.8. The minimum Gasteiger partial charge on any atom is -0.469 e. The highest BCUT2D eigenvalue weighted by atomic mass is 32.2. The molecule has 0 radical (unpaired) electrons. The van der Waals surface area contributed by atoms with Gasteiger partial charge in [-0.15, -0.1) is 0 Å². The zero-order chi connectivity index (χ0) is 80.7. The first kappa shape index (κ1) is 115. The number of thioether (sulfide) groups is 8. The summed E-state index contributed by atoms with van der Waals surface area (Å²) in [4.78, 5) is 44.4. The number of hydrogen-bond donors (Lipinski definition) is 0. The van der Waals surface area contributed by atoms with Gasteiger partial charge < -0.3 is 18.9 Å². The molecule has 0 aliphatic rings. The third-order valence-corrected chi connectivity index (χ3v) is 30.6. The fourth-order valence-electron chi connectivity index (χ4n) is 14.2. The maximum atomic E-state index is 11.1. The second kappa shape index (κ2) is 96.5. The van der Waals surface area contributed by atoms with Gasteiger partial charge in [0.2, 0.25) is 0 Å². The van der Waals surface area contributed by atoms with E-state index in [0.29, 0.717) is 25.7 Å². The van der Waals surface area contributed by atoms with E-state index in [4.69, 9.17) is 4.74 Å². The van der Waals surface area contributed by atoms with E-state index < -0.39 is 0 Å². The Hall–Kier alpha value is 0.680. The lowest BCUT2D eigenvalue weighted by atomic mass is 10.0. The summed E-state index contributed by atoms with van der Waals surface area (Å²) in [6.07, 6.45) is 71.2. The number of unbranched alkanes of at least 4 members (excludes halogenated alkanes) is 28. The van der Waals surface area contributed by atoms with Crippen LogP contribution in [0.25, 0.3) is 0 Å². The lowest BCUT2D eigenvalue weighted by Gasteiger charge is -2.23. The normalized spacial score (nSPS) is 13.5. The molecule has 0 aliphatic carbocycles. The Bertz CT molecular complexity index is 1790. The number of ether oxygens (including phenoxy) is 4. The van der Waals surface area contributed by atoms with Gasteiger partial charge in [0, 0.05) is 67.7 Å². The fraction of sp³-hybridized carbons (Fsp3) is 0.957. The lowest BCUT2D eigenvalue weighted by Crippen LogP contribution is -2.14. The van der Waals surface area contributed by atoms with Crippen molar-refractivity contribution < 1.29 is 38.1 Å². The van der Waals surface area contributed by atoms with Gasteiger partial charge in [-0.3, -0.25) is 19.2 Å². The van der Waals surface area contributed by atoms with E-state index in [1.165, 1.54) is 357 Å². The predicted molar refractivity (Wildman–Crippen MR) is 505 cm³/mol. The van der Waals surface area contributed by atoms with Crippen LogP contribution in [-0.2, 0) is 38.1 Å². The SMILES string of the molecule is CCCCCC(CCC(CCCCCCCCC(=O)OC)SCC)SCC.CCCCCC(CCCC(CCCCCCCC(=O)OC)SCC)SCC.CCCCCCC(CC(CCCCCCCCC(=O)OC)SCC)SCC.CCCCCCC(CCC(CCCCCCCC(=O)OC)SCC)SCC. The Morgan fingerprint density at radius 2 is 0.333 bits per heavy atom. The van der Waals surface area contributed by atoms with E-state index in [9.17, 15) is 19.2 Å². The molecule has 648 valence electrons. The van der Waals surface area contributed by atoms with Crippen LogP contribution in [0, 0.1) is 0 Å². The summed E-state index contributed by atoms with van der Waals surface area (Å²) in [5.41, 5.74) is 0. The molecule has 8 unspecified atom stereocenters. The summed E-state index contributed by atoms with van der Waals surface area (Å²) in [6.45, 7) is 27.6. The van der Waals surface area contributed by atoms with Gasteiger partial charge in [-0.1, -0.05) is 295 Å². The van der Waals surface area contributed by atoms with Gasteiger partial charge in [-0.25, -0.2) is 0 Å². The first-order valence-electron chi connectivity index (χ1n) is 45.9. The monoisotopic (exact) mass is 1670 g/mol. The lowest BCUT2D eigenvalue weighted by molar-refractivity contribution is -0.141. The van der Waals surface area contributed by atoms with Crippen LogP contribution in [0.1, 0.15) is 443 Å². The van der Waals surface area contributed by atoms with Crippen LogP contribution in [0.15, 0.2) is 0 Å². The van der Waals surface area contributed by atoms with E-state index in [-0.39, 0.29) is 23.9 Å². The van der Waals surface area contributed by atoms with Crippen LogP contribution in [0.5, 0.6) is 0 Å². The van der Waals surface area contributed by atoms with Crippen LogP contribution >= 0.6 is 94.1 Å². The van der Waals surface area contributed by atoms with Crippen molar-refractivity contribution in [2.45, 2.75) is 485 Å². The molecule has 8 atom stereocenters. The predicted octanol–water partition coefficient (Wildman–Crippen LogP) is 31.5. The van der Waals surface area contributed by atoms with Gasteiger partial charge in [-0.2, -0.15) is 94.1 Å². The van der Waals surface area contributed by atoms with Gasteiger partial charge in [0.05, 0.1) is 28.4 Å². The van der Waals surface area contributed by atoms with Crippen molar-refractivity contribution in [2.24, 2.45) is 0 Å². The number of carbonyl (C=O) groups excluding carboxylic acids is 4. The topological polar surface area (TPSA) is 105 Å². The average Bonchev–Trinajstić information content (AvgIpc) is 0.986. The Labute approximate surface area is 709 Å². The molecular formula is C92H184O8S8. The first-order valence-corrected chi connectivity index (χ1v) is 54.3. The second-order valence-electron chi connectivity index (χ2n) is 29.9. The van der Waals surface area contributed by atoms with Crippen molar-refractivity contribution >= 4 is 118 Å². The van der Waals surface area contributed by atoms with E-state index >= 15 is 0 Å². The summed E-state index contributed by atoms with van der Waals surface area (Å²) >= 11 is 17.5. The quantitative estimate of drug-likeness (QED) is 0.0327. The van der Waals surface area contributed by atoms with Crippen molar-refractivity contribution in [2.75, 3.05) is 74.5 Å². The Kier molecular flexibility index (Phi) is 103. The summed E-state index contributed by atoms with van der Waals surface area (Å²) in [6, 6.07) is 0. The van der Waals surface area contributed by atoms with Gasteiger partial charge >= 0.3 is 23.9 Å². The molecule has 0 fully saturated rings. The average molecular weight is 1680 g/mol. The van der Waals surface area contributed by atoms with Gasteiger partial charge in [0.15, 0.2) is 0 Å². The number of carbonyl (C=O) groups is 4. The molecule has 0 saturated carbocycles. The van der Waals surface area contributed by atoms with E-state index in [0.717, 1.165) is 93.4 Å². The van der Waals surface area contributed by atoms with Crippen LogP contribution in [-0.4, -0.2) is 140 Å². The zero-order valence-electron chi connectivity index (χ0n) is 74.4. The van der Waals surface area contributed by atoms with E-state index in [1.54, 1.807) is 0 Å². The molecule has 8 nitrogen and oxygen atoms in total. The first-order chi connectivity index (χ1) is 52.7. The fourth-order valence-corrected chi connectivity index (χ4v) is 23.4. The van der Waals surface area contributed by atoms with Crippen molar-refractivity contribution in [1.82, 2.24) is 0 Å². The minimum absolute atomic E-state index is 0.0660. The van der Waals surface area contributed by atoms with Crippen molar-refractivity contribution in [3.05, 3.63) is 0 Å². The molecule has 0 saturated heterocycles. The maximum Gasteiger partial charge on any atom is 0.305 e. The van der Waals surface area contributed by atoms with Crippen LogP contribution in [0.2, 0.25) is 0 Å². The highest BCUT2D eigenvalue weighted by Gasteiger charge is 2.20. The highest BCUT2D eigenvalue weighted by molar-refractivity contribution is 8.01. The molecule has 0 aliphatic heterocycles. The number of esters is 4. The zero-order valence-corrected chi connectivity index (χ0v) is 80.9. The molecule has 0 spiro atoms. The largest absolute Gasteiger partial charge is 0.469 e. The molecule has 0 amide bonds. The Morgan fingerprint density at radius 3 is 0.537 bits per heavy atom. The number of rotatable bonds is 80. The maximum absolute atomic E-state index is 11.1. The van der Waals surface area contributed by atoms with E-state index in [2.05, 4.69) is 191 Å². The Balaban J connectivity index is -0.000000668. The molecule has 0 heterocycles. The molecule has 108 heavy (non-hydrogen) atoms. The molecule has 16 heteroatoms. The standard InChI is InChI=1S/4C23H46O2S2/c1-5-8-13-16-21(26-6-2)19-20-22(27-7-3)17-14-11-9-10-12-15-18-23(24)25-4;1-5-8-12-16-21(26-6-2)18-15-19-22(27-7-3)17-13-10-9-11-14-20-23(24)25-4;1-5-8-9-14-17-21(26-6-2)20-22(27-7-3)18-15-12-10-11-13-16-19-23(24)25-4;1-5-8-9-13-16-21(26-6-2)19-20-22(27-7-3)17-14-11-10-12-15-18-23(24)25-4/h4*21-22H,5-20H2,1-4H3. The smallest absolute Gasteiger partial charge is 0.305 e. The molecule has 0 rings (SSSR count). The third kappa shape index (κ3) is 87.5. The molecular weight excluding hydrogens is 1490 g/mol. The van der Waals surface area contributed by atoms with Crippen LogP contribution in [0.4, 0.5) is 0 Å². The van der Waals surface area contributed by atoms with Gasteiger partial charge in [-0.05, 0) is 168 Å². The second-order valence-corrected chi connectivity index (χ2v) is 42.5. The number of hydrogen-bond acceptors (Lipinski definition) is 16. The molecule has 0 N–H and O–H groups in total. The highest BCUT2D eigenvalue weighted by Crippen LogP contribution is 2.34. The molecule has 0 aromatic rings. The molecule has 0 aromatic carbocycles. The van der Waals surface area contributed by atoms with Crippen molar-refractivity contribution in [3.63, 3.8) is 0 Å². The third-order valence-electron chi connectivity index (χ3n) is 20.5. The van der Waals surface area contributed by atoms with Crippen LogP contribution < -0.4 is 0 Å². The van der Waals surface area contributed by atoms with Crippen LogP contribution in [0.3, 0.4) is 0 Å². The van der Waals surface area contributed by atoms with E-state index in [1.807, 2.05) is 0 Å².